The van der Waals surface area contributed by atoms with Crippen molar-refractivity contribution in [2.24, 2.45) is 5.92 Å². The van der Waals surface area contributed by atoms with E-state index < -0.39 is 61.5 Å². The minimum Gasteiger partial charge on any atom is -0.382 e. The SMILES string of the molecule is Nc1nc2c(ncn2[C@@H]2OC3OCC[C@H]4[C@H](F)[C@H](n5cnc6c(N)ncnc65)O[C@@H]4COP(O)(=S)O[C@@H]2[C@@H]3F)c(=O)[nH]1. The van der Waals surface area contributed by atoms with Crippen molar-refractivity contribution in [2.45, 2.75) is 49.7 Å². The Labute approximate surface area is 238 Å². The molecule has 0 amide bonds. The van der Waals surface area contributed by atoms with E-state index >= 15 is 8.78 Å². The first kappa shape index (κ1) is 27.6. The van der Waals surface area contributed by atoms with Crippen LogP contribution in [0.1, 0.15) is 18.9 Å². The fourth-order valence-electron chi connectivity index (χ4n) is 5.42. The number of aromatic nitrogens is 8. The second-order valence-electron chi connectivity index (χ2n) is 9.86. The van der Waals surface area contributed by atoms with Crippen LogP contribution in [0.2, 0.25) is 0 Å². The first-order valence-electron chi connectivity index (χ1n) is 12.6. The molecule has 0 saturated carbocycles. The molecule has 2 bridgehead atoms. The van der Waals surface area contributed by atoms with Crippen molar-refractivity contribution in [3.63, 3.8) is 0 Å². The highest BCUT2D eigenvalue weighted by Gasteiger charge is 2.52. The summed E-state index contributed by atoms with van der Waals surface area (Å²) in [6, 6.07) is 0. The van der Waals surface area contributed by atoms with Crippen LogP contribution in [-0.2, 0) is 35.1 Å². The van der Waals surface area contributed by atoms with Crippen LogP contribution in [0.4, 0.5) is 20.5 Å². The molecule has 7 rings (SSSR count). The summed E-state index contributed by atoms with van der Waals surface area (Å²) in [6.45, 7) is -4.69. The molecule has 2 unspecified atom stereocenters. The second kappa shape index (κ2) is 10.2. The van der Waals surface area contributed by atoms with E-state index in [4.69, 9.17) is 46.5 Å². The summed E-state index contributed by atoms with van der Waals surface area (Å²) in [5.74, 6) is -0.915. The topological polar surface area (TPSA) is 226 Å². The van der Waals surface area contributed by atoms with Gasteiger partial charge in [0.15, 0.2) is 53.7 Å². The zero-order valence-electron chi connectivity index (χ0n) is 21.3. The minimum atomic E-state index is -4.18. The van der Waals surface area contributed by atoms with Gasteiger partial charge in [-0.2, -0.15) is 4.98 Å². The number of halogens is 2. The average Bonchev–Trinajstić information content (AvgIpc) is 3.69. The molecule has 42 heavy (non-hydrogen) atoms. The van der Waals surface area contributed by atoms with Gasteiger partial charge in [-0.25, -0.2) is 28.7 Å². The molecule has 4 aromatic heterocycles. The Balaban J connectivity index is 1.17. The average molecular weight is 629 g/mol. The molecule has 0 aromatic carbocycles. The minimum absolute atomic E-state index is 0.0209. The van der Waals surface area contributed by atoms with E-state index in [0.717, 1.165) is 0 Å². The summed E-state index contributed by atoms with van der Waals surface area (Å²) in [6.07, 6.45) is -6.26. The molecule has 0 spiro atoms. The van der Waals surface area contributed by atoms with Gasteiger partial charge in [-0.1, -0.05) is 0 Å². The molecule has 9 atom stereocenters. The number of rotatable bonds is 2. The summed E-state index contributed by atoms with van der Waals surface area (Å²) in [5, 5.41) is 0. The third kappa shape index (κ3) is 4.54. The number of aromatic amines is 1. The van der Waals surface area contributed by atoms with Gasteiger partial charge >= 0.3 is 6.72 Å². The van der Waals surface area contributed by atoms with Crippen molar-refractivity contribution < 1.29 is 36.9 Å². The molecule has 3 aliphatic rings. The Morgan fingerprint density at radius 3 is 2.62 bits per heavy atom. The summed E-state index contributed by atoms with van der Waals surface area (Å²) >= 11 is 5.18. The predicted octanol–water partition coefficient (Wildman–Crippen LogP) is 0.207. The van der Waals surface area contributed by atoms with Crippen LogP contribution in [-0.4, -0.2) is 88.0 Å². The van der Waals surface area contributed by atoms with Gasteiger partial charge in [0.2, 0.25) is 5.95 Å². The van der Waals surface area contributed by atoms with Crippen LogP contribution in [0.25, 0.3) is 22.3 Å². The van der Waals surface area contributed by atoms with E-state index in [1.807, 2.05) is 0 Å². The van der Waals surface area contributed by atoms with Gasteiger partial charge < -0.3 is 35.1 Å². The monoisotopic (exact) mass is 628 g/mol. The van der Waals surface area contributed by atoms with Crippen LogP contribution in [0.3, 0.4) is 0 Å². The summed E-state index contributed by atoms with van der Waals surface area (Å²) < 4.78 is 62.9. The van der Waals surface area contributed by atoms with Gasteiger partial charge in [-0.05, 0) is 18.2 Å². The Hall–Kier alpha value is -3.23. The van der Waals surface area contributed by atoms with Gasteiger partial charge in [-0.3, -0.25) is 23.4 Å². The third-order valence-electron chi connectivity index (χ3n) is 7.38. The van der Waals surface area contributed by atoms with Crippen molar-refractivity contribution in [1.82, 2.24) is 39.0 Å². The summed E-state index contributed by atoms with van der Waals surface area (Å²) in [7, 11) is 0. The maximum absolute atomic E-state index is 15.9. The smallest absolute Gasteiger partial charge is 0.325 e. The molecule has 0 radical (unpaired) electrons. The molecule has 0 aliphatic carbocycles. The third-order valence-corrected chi connectivity index (χ3v) is 8.94. The number of hydrogen-bond acceptors (Lipinski definition) is 14. The second-order valence-corrected chi connectivity index (χ2v) is 12.7. The quantitative estimate of drug-likeness (QED) is 0.218. The van der Waals surface area contributed by atoms with Crippen molar-refractivity contribution in [3.05, 3.63) is 29.3 Å². The largest absolute Gasteiger partial charge is 0.382 e. The number of nitrogens with zero attached hydrogens (tertiary/aromatic N) is 7. The molecule has 224 valence electrons. The van der Waals surface area contributed by atoms with Gasteiger partial charge in [0.05, 0.1) is 32.0 Å². The highest BCUT2D eigenvalue weighted by Crippen LogP contribution is 2.52. The number of ether oxygens (including phenoxy) is 3. The van der Waals surface area contributed by atoms with Crippen LogP contribution in [0.5, 0.6) is 0 Å². The van der Waals surface area contributed by atoms with Crippen LogP contribution in [0, 0.1) is 5.92 Å². The molecular formula is C21H23F2N10O7PS. The molecule has 6 N–H and O–H groups in total. The molecule has 21 heteroatoms. The fourth-order valence-corrected chi connectivity index (χ4v) is 6.83. The lowest BCUT2D eigenvalue weighted by molar-refractivity contribution is -0.168. The van der Waals surface area contributed by atoms with Gasteiger partial charge in [0, 0.05) is 5.92 Å². The molecule has 3 saturated heterocycles. The van der Waals surface area contributed by atoms with Gasteiger partial charge in [0.25, 0.3) is 5.56 Å². The number of nitrogen functional groups attached to an aromatic ring is 2. The van der Waals surface area contributed by atoms with Crippen LogP contribution in [0.15, 0.2) is 23.8 Å². The number of H-pyrrole nitrogens is 1. The fraction of sp³-hybridized carbons (Fsp3) is 0.524. The predicted molar refractivity (Wildman–Crippen MR) is 141 cm³/mol. The standard InChI is InChI=1S/C21H23F2N10O7PS/c22-9-7-1-2-36-20-10(23)13(19(39-20)33-6-29-12-16(33)30-21(25)31-17(12)34)40-41(35,42)37-3-8(7)38-18(9)32-5-28-11-14(24)26-4-27-15(11)32/h4-10,13,18-20H,1-3H2,(H,35,42)(H2,24,26,27)(H3,25,30,31,34)/t7-,8-,9+,10+,13-,18-,19-,20?,41?/m1/s1. The first-order chi connectivity index (χ1) is 20.1. The van der Waals surface area contributed by atoms with Crippen molar-refractivity contribution in [3.8, 4) is 0 Å². The number of nitrogens with two attached hydrogens (primary N) is 2. The summed E-state index contributed by atoms with van der Waals surface area (Å²) in [4.78, 5) is 45.8. The zero-order chi connectivity index (χ0) is 29.3. The van der Waals surface area contributed by atoms with Crippen molar-refractivity contribution in [1.29, 1.82) is 0 Å². The zero-order valence-corrected chi connectivity index (χ0v) is 23.0. The number of fused-ring (bicyclic) bond motifs is 5. The number of anilines is 2. The van der Waals surface area contributed by atoms with E-state index in [-0.39, 0.29) is 53.7 Å². The maximum Gasteiger partial charge on any atom is 0.325 e. The van der Waals surface area contributed by atoms with E-state index in [1.165, 1.54) is 28.1 Å². The Kier molecular flexibility index (Phi) is 6.70. The Morgan fingerprint density at radius 1 is 1.05 bits per heavy atom. The molecule has 7 heterocycles. The Bertz CT molecular complexity index is 1770. The molecule has 3 fully saturated rings. The van der Waals surface area contributed by atoms with Gasteiger partial charge in [-0.15, -0.1) is 0 Å². The maximum atomic E-state index is 15.9. The molecule has 3 aliphatic heterocycles. The highest BCUT2D eigenvalue weighted by molar-refractivity contribution is 8.07. The highest BCUT2D eigenvalue weighted by atomic mass is 32.5. The van der Waals surface area contributed by atoms with Crippen molar-refractivity contribution >= 4 is 52.6 Å². The lowest BCUT2D eigenvalue weighted by Crippen LogP contribution is -2.34. The molecule has 4 aromatic rings. The number of nitrogens with one attached hydrogen (secondary N) is 1. The summed E-state index contributed by atoms with van der Waals surface area (Å²) in [5.41, 5.74) is 11.4. The van der Waals surface area contributed by atoms with Crippen molar-refractivity contribution in [2.75, 3.05) is 24.7 Å². The van der Waals surface area contributed by atoms with Crippen LogP contribution >= 0.6 is 6.72 Å². The van der Waals surface area contributed by atoms with E-state index in [9.17, 15) is 9.69 Å². The number of hydrogen-bond donors (Lipinski definition) is 4. The van der Waals surface area contributed by atoms with E-state index in [1.54, 1.807) is 0 Å². The number of alkyl halides is 2. The molecular weight excluding hydrogens is 605 g/mol. The Morgan fingerprint density at radius 2 is 1.81 bits per heavy atom. The van der Waals surface area contributed by atoms with Gasteiger partial charge in [0.1, 0.15) is 17.9 Å². The van der Waals surface area contributed by atoms with E-state index in [0.29, 0.717) is 0 Å². The van der Waals surface area contributed by atoms with Crippen LogP contribution < -0.4 is 17.0 Å². The van der Waals surface area contributed by atoms with E-state index in [2.05, 4.69) is 29.9 Å². The normalized spacial score (nSPS) is 35.7. The number of imidazole rings is 2. The lowest BCUT2D eigenvalue weighted by atomic mass is 9.96. The first-order valence-corrected chi connectivity index (χ1v) is 15.2. The molecule has 17 nitrogen and oxygen atoms in total. The lowest BCUT2D eigenvalue weighted by Gasteiger charge is -2.27.